The number of imidazole rings is 1. The largest absolute Gasteiger partial charge is 0.468 e. The highest BCUT2D eigenvalue weighted by Gasteiger charge is 2.36. The van der Waals surface area contributed by atoms with Crippen LogP contribution in [0.4, 0.5) is 5.95 Å². The van der Waals surface area contributed by atoms with Gasteiger partial charge in [-0.05, 0) is 32.2 Å². The quantitative estimate of drug-likeness (QED) is 0.109. The fraction of sp³-hybridized carbons (Fsp3) is 0.385. The number of nitrogens with two attached hydrogens (primary N) is 1. The van der Waals surface area contributed by atoms with Gasteiger partial charge in [0, 0.05) is 5.39 Å². The van der Waals surface area contributed by atoms with Gasteiger partial charge in [-0.1, -0.05) is 36.4 Å². The van der Waals surface area contributed by atoms with Crippen molar-refractivity contribution in [2.45, 2.75) is 51.4 Å². The zero-order chi connectivity index (χ0) is 30.6. The van der Waals surface area contributed by atoms with Gasteiger partial charge in [0.1, 0.15) is 17.9 Å². The fourth-order valence-corrected chi connectivity index (χ4v) is 5.67. The Hall–Kier alpha value is -3.85. The van der Waals surface area contributed by atoms with Crippen LogP contribution in [0.2, 0.25) is 0 Å². The van der Waals surface area contributed by atoms with Gasteiger partial charge in [-0.25, -0.2) is 9.55 Å². The Labute approximate surface area is 240 Å². The second-order valence-corrected chi connectivity index (χ2v) is 11.3. The number of H-pyrrole nitrogens is 1. The third kappa shape index (κ3) is 6.95. The number of methoxy groups -OCH3 is 1. The van der Waals surface area contributed by atoms with Gasteiger partial charge in [0.15, 0.2) is 17.4 Å². The number of aromatic nitrogens is 4. The number of esters is 1. The van der Waals surface area contributed by atoms with E-state index in [9.17, 15) is 24.4 Å². The second kappa shape index (κ2) is 13.0. The molecule has 0 radical (unpaired) electrons. The maximum absolute atomic E-state index is 14.1. The number of nitrogens with one attached hydrogen (secondary N) is 2. The summed E-state index contributed by atoms with van der Waals surface area (Å²) in [5.41, 5.74) is 5.09. The van der Waals surface area contributed by atoms with E-state index in [2.05, 4.69) is 20.0 Å². The molecule has 0 spiro atoms. The summed E-state index contributed by atoms with van der Waals surface area (Å²) in [4.78, 5) is 34.8. The highest BCUT2D eigenvalue weighted by atomic mass is 31.2. The third-order valence-electron chi connectivity index (χ3n) is 6.27. The van der Waals surface area contributed by atoms with Gasteiger partial charge >= 0.3 is 13.7 Å². The first-order valence-corrected chi connectivity index (χ1v) is 14.5. The minimum Gasteiger partial charge on any atom is -0.468 e. The zero-order valence-corrected chi connectivity index (χ0v) is 24.2. The topological polar surface area (TPSA) is 213 Å². The van der Waals surface area contributed by atoms with Gasteiger partial charge in [0.25, 0.3) is 5.56 Å². The predicted molar refractivity (Wildman–Crippen MR) is 153 cm³/mol. The molecule has 0 aliphatic heterocycles. The number of anilines is 1. The molecule has 0 amide bonds. The molecule has 226 valence electrons. The van der Waals surface area contributed by atoms with Crippen molar-refractivity contribution < 1.29 is 38.1 Å². The van der Waals surface area contributed by atoms with Crippen molar-refractivity contribution in [3.05, 3.63) is 59.1 Å². The van der Waals surface area contributed by atoms with E-state index in [1.54, 1.807) is 24.3 Å². The Bertz CT molecular complexity index is 1650. The van der Waals surface area contributed by atoms with E-state index in [0.717, 1.165) is 5.39 Å². The molecule has 0 saturated heterocycles. The zero-order valence-electron chi connectivity index (χ0n) is 23.3. The molecule has 0 aliphatic carbocycles. The summed E-state index contributed by atoms with van der Waals surface area (Å²) in [7, 11) is -3.16. The monoisotopic (exact) mass is 604 g/mol. The summed E-state index contributed by atoms with van der Waals surface area (Å²) in [6, 6.07) is 11.3. The number of benzene rings is 2. The number of rotatable bonds is 13. The summed E-state index contributed by atoms with van der Waals surface area (Å²) in [5.74, 6) is -0.672. The van der Waals surface area contributed by atoms with Crippen molar-refractivity contribution in [1.82, 2.24) is 24.6 Å². The van der Waals surface area contributed by atoms with E-state index in [0.29, 0.717) is 5.39 Å². The Morgan fingerprint density at radius 3 is 2.55 bits per heavy atom. The van der Waals surface area contributed by atoms with E-state index in [1.807, 2.05) is 18.2 Å². The molecule has 0 saturated carbocycles. The van der Waals surface area contributed by atoms with Crippen LogP contribution in [0.15, 0.2) is 53.6 Å². The minimum atomic E-state index is -4.34. The molecule has 16 heteroatoms. The first kappa shape index (κ1) is 31.1. The minimum absolute atomic E-state index is 0.0333. The maximum atomic E-state index is 14.1. The molecule has 4 aromatic rings. The van der Waals surface area contributed by atoms with Crippen molar-refractivity contribution in [3.63, 3.8) is 0 Å². The van der Waals surface area contributed by atoms with Crippen LogP contribution >= 0.6 is 7.75 Å². The second-order valence-electron chi connectivity index (χ2n) is 9.56. The number of aliphatic hydroxyl groups excluding tert-OH is 2. The molecule has 0 bridgehead atoms. The van der Waals surface area contributed by atoms with Gasteiger partial charge in [-0.15, -0.1) is 0 Å². The number of hydrogen-bond acceptors (Lipinski definition) is 12. The summed E-state index contributed by atoms with van der Waals surface area (Å²) in [5, 5.41) is 25.1. The van der Waals surface area contributed by atoms with Crippen LogP contribution in [0, 0.1) is 0 Å². The smallest absolute Gasteiger partial charge is 0.459 e. The van der Waals surface area contributed by atoms with Gasteiger partial charge in [0.2, 0.25) is 5.95 Å². The lowest BCUT2D eigenvalue weighted by atomic mass is 10.1. The van der Waals surface area contributed by atoms with E-state index < -0.39 is 56.5 Å². The van der Waals surface area contributed by atoms with Gasteiger partial charge in [-0.2, -0.15) is 10.1 Å². The van der Waals surface area contributed by atoms with E-state index in [4.69, 9.17) is 24.3 Å². The number of nitrogen functional groups attached to an aromatic ring is 1. The van der Waals surface area contributed by atoms with Gasteiger partial charge in [0.05, 0.1) is 32.3 Å². The van der Waals surface area contributed by atoms with Crippen LogP contribution in [0.25, 0.3) is 21.9 Å². The molecule has 2 aromatic carbocycles. The van der Waals surface area contributed by atoms with Crippen molar-refractivity contribution >= 4 is 41.6 Å². The SMILES string of the molecule is COC(=O)[C@H](C)NP(=O)(OC[C@@H](O[C@H](C(C)O)n1cnc2c(=O)[nH]c(N)nc21)[C@@H](C)O)Oc1cccc2ccccc12. The van der Waals surface area contributed by atoms with Crippen LogP contribution in [0.3, 0.4) is 0 Å². The Balaban J connectivity index is 1.62. The molecule has 0 fully saturated rings. The average molecular weight is 605 g/mol. The number of carbonyl (C=O) groups excluding carboxylic acids is 1. The lowest BCUT2D eigenvalue weighted by molar-refractivity contribution is -0.150. The first-order chi connectivity index (χ1) is 19.9. The Morgan fingerprint density at radius 1 is 1.14 bits per heavy atom. The lowest BCUT2D eigenvalue weighted by Crippen LogP contribution is -2.39. The first-order valence-electron chi connectivity index (χ1n) is 12.9. The van der Waals surface area contributed by atoms with Crippen molar-refractivity contribution in [3.8, 4) is 5.75 Å². The van der Waals surface area contributed by atoms with E-state index >= 15 is 0 Å². The predicted octanol–water partition coefficient (Wildman–Crippen LogP) is 1.86. The molecular weight excluding hydrogens is 571 g/mol. The maximum Gasteiger partial charge on any atom is 0.459 e. The Kier molecular flexibility index (Phi) is 9.61. The van der Waals surface area contributed by atoms with E-state index in [-0.39, 0.29) is 22.9 Å². The number of aliphatic hydroxyl groups is 2. The molecule has 2 unspecified atom stereocenters. The summed E-state index contributed by atoms with van der Waals surface area (Å²) < 4.78 is 37.7. The summed E-state index contributed by atoms with van der Waals surface area (Å²) in [6.45, 7) is 3.72. The van der Waals surface area contributed by atoms with E-state index in [1.165, 1.54) is 38.8 Å². The Morgan fingerprint density at radius 2 is 1.86 bits per heavy atom. The molecule has 6 N–H and O–H groups in total. The van der Waals surface area contributed by atoms with Crippen LogP contribution in [0.5, 0.6) is 5.75 Å². The molecule has 4 rings (SSSR count). The van der Waals surface area contributed by atoms with Crippen molar-refractivity contribution in [1.29, 1.82) is 0 Å². The number of ether oxygens (including phenoxy) is 2. The summed E-state index contributed by atoms with van der Waals surface area (Å²) in [6.07, 6.45) is -3.63. The molecule has 6 atom stereocenters. The normalized spacial score (nSPS) is 16.8. The van der Waals surface area contributed by atoms with Crippen molar-refractivity contribution in [2.24, 2.45) is 0 Å². The molecule has 42 heavy (non-hydrogen) atoms. The van der Waals surface area contributed by atoms with Crippen LogP contribution < -0.4 is 20.9 Å². The number of fused-ring (bicyclic) bond motifs is 2. The lowest BCUT2D eigenvalue weighted by Gasteiger charge is -2.30. The van der Waals surface area contributed by atoms with Crippen molar-refractivity contribution in [2.75, 3.05) is 19.5 Å². The molecule has 2 heterocycles. The van der Waals surface area contributed by atoms with Gasteiger partial charge < -0.3 is 29.9 Å². The number of nitrogens with zero attached hydrogens (tertiary/aromatic N) is 3. The molecule has 15 nitrogen and oxygen atoms in total. The highest BCUT2D eigenvalue weighted by Crippen LogP contribution is 2.47. The van der Waals surface area contributed by atoms with Crippen LogP contribution in [-0.2, 0) is 23.4 Å². The third-order valence-corrected chi connectivity index (χ3v) is 7.90. The molecular formula is C26H33N6O9P. The average Bonchev–Trinajstić information content (AvgIpc) is 3.36. The standard InChI is InChI=1S/C26H33N6O9P/c1-14(25(36)38-4)31-42(37,41-19-11-7-9-17-8-5-6-10-18(17)19)39-12-20(15(2)33)40-24(16(3)34)32-13-28-21-22(32)29-26(27)30-23(21)35/h5-11,13-16,20,24,33-34H,12H2,1-4H3,(H,31,37)(H3,27,29,30,35)/t14-,15+,16?,20+,24+,42?/m0/s1. The van der Waals surface area contributed by atoms with Crippen LogP contribution in [0.1, 0.15) is 27.0 Å². The molecule has 0 aliphatic rings. The highest BCUT2D eigenvalue weighted by molar-refractivity contribution is 7.52. The fourth-order valence-electron chi connectivity index (χ4n) is 4.15. The molecule has 2 aromatic heterocycles. The number of aromatic amines is 1. The summed E-state index contributed by atoms with van der Waals surface area (Å²) >= 11 is 0. The number of carbonyl (C=O) groups is 1. The number of hydrogen-bond donors (Lipinski definition) is 5. The van der Waals surface area contributed by atoms with Gasteiger partial charge in [-0.3, -0.25) is 23.7 Å². The van der Waals surface area contributed by atoms with Crippen LogP contribution in [-0.4, -0.2) is 73.8 Å².